The topological polar surface area (TPSA) is 53.7 Å². The average Bonchev–Trinajstić information content (AvgIpc) is 3.31. The summed E-state index contributed by atoms with van der Waals surface area (Å²) < 4.78 is 3.26. The fraction of sp³-hybridized carbons (Fsp3) is 0.294. The number of nitrogens with zero attached hydrogens (tertiary/aromatic N) is 3. The molecule has 1 aliphatic heterocycles. The Hall–Kier alpha value is -1.35. The molecule has 2 N–H and O–H groups in total. The quantitative estimate of drug-likeness (QED) is 0.605. The molecule has 130 valence electrons. The first-order chi connectivity index (χ1) is 12.2. The number of aromatic nitrogens is 2. The number of thiazole rings is 1. The Bertz CT molecular complexity index is 900. The maximum Gasteiger partial charge on any atom is 0.194 e. The summed E-state index contributed by atoms with van der Waals surface area (Å²) in [6, 6.07) is 8.26. The van der Waals surface area contributed by atoms with Gasteiger partial charge in [-0.05, 0) is 25.1 Å². The van der Waals surface area contributed by atoms with Crippen LogP contribution in [0.3, 0.4) is 0 Å². The van der Waals surface area contributed by atoms with E-state index in [0.717, 1.165) is 45.1 Å². The molecule has 8 heteroatoms. The Balaban J connectivity index is 1.50. The largest absolute Gasteiger partial charge is 0.294 e. The monoisotopic (exact) mass is 435 g/mol. The Morgan fingerprint density at radius 3 is 2.96 bits per heavy atom. The fourth-order valence-electron chi connectivity index (χ4n) is 2.63. The third-order valence-corrected chi connectivity index (χ3v) is 6.33. The number of fused-ring (bicyclic) bond motifs is 1. The van der Waals surface area contributed by atoms with E-state index in [2.05, 4.69) is 66.8 Å². The number of hydrazone groups is 1. The van der Waals surface area contributed by atoms with Gasteiger partial charge in [0.25, 0.3) is 0 Å². The normalized spacial score (nSPS) is 17.0. The highest BCUT2D eigenvalue weighted by Crippen LogP contribution is 2.27. The highest BCUT2D eigenvalue weighted by Gasteiger charge is 2.20. The number of hydrogen-bond acceptors (Lipinski definition) is 6. The molecule has 3 aromatic rings. The summed E-state index contributed by atoms with van der Waals surface area (Å²) >= 11 is 6.90. The van der Waals surface area contributed by atoms with Gasteiger partial charge in [-0.2, -0.15) is 5.10 Å². The van der Waals surface area contributed by atoms with Crippen molar-refractivity contribution in [3.8, 4) is 11.3 Å². The molecule has 0 radical (unpaired) electrons. The van der Waals surface area contributed by atoms with Gasteiger partial charge in [-0.3, -0.25) is 15.1 Å². The molecule has 5 nitrogen and oxygen atoms in total. The minimum atomic E-state index is 0.185. The summed E-state index contributed by atoms with van der Waals surface area (Å²) in [6.45, 7) is 3.16. The Kier molecular flexibility index (Phi) is 5.12. The van der Waals surface area contributed by atoms with Crippen LogP contribution in [0.1, 0.15) is 19.0 Å². The molecule has 4 rings (SSSR count). The lowest BCUT2D eigenvalue weighted by molar-refractivity contribution is 0.567. The van der Waals surface area contributed by atoms with Crippen molar-refractivity contribution < 1.29 is 0 Å². The highest BCUT2D eigenvalue weighted by molar-refractivity contribution is 9.10. The molecular formula is C17H18BrN5S2. The van der Waals surface area contributed by atoms with Crippen molar-refractivity contribution in [2.24, 2.45) is 5.10 Å². The zero-order chi connectivity index (χ0) is 17.2. The molecule has 1 atom stereocenters. The van der Waals surface area contributed by atoms with Gasteiger partial charge in [-0.15, -0.1) is 11.3 Å². The zero-order valence-electron chi connectivity index (χ0n) is 13.7. The molecule has 2 aromatic heterocycles. The number of nitrogens with one attached hydrogen (secondary N) is 2. The molecule has 0 spiro atoms. The van der Waals surface area contributed by atoms with Crippen LogP contribution in [-0.2, 0) is 6.42 Å². The van der Waals surface area contributed by atoms with Crippen LogP contribution in [0.15, 0.2) is 45.4 Å². The molecular weight excluding hydrogens is 418 g/mol. The second kappa shape index (κ2) is 7.49. The van der Waals surface area contributed by atoms with Crippen molar-refractivity contribution >= 4 is 49.0 Å². The van der Waals surface area contributed by atoms with Gasteiger partial charge in [0.15, 0.2) is 4.96 Å². The smallest absolute Gasteiger partial charge is 0.194 e. The molecule has 0 saturated carbocycles. The van der Waals surface area contributed by atoms with E-state index in [-0.39, 0.29) is 5.50 Å². The van der Waals surface area contributed by atoms with Gasteiger partial charge in [0.1, 0.15) is 10.5 Å². The molecule has 1 unspecified atom stereocenters. The standard InChI is InChI=1S/C17H18BrN5S2/c1-2-7-19-16-22-21-15(25-16)8-13-10-24-17-20-14(9-23(13)17)11-3-5-12(18)6-4-11/h3-6,9-10,16,19,22H,2,7-8H2,1H3. The number of rotatable bonds is 6. The van der Waals surface area contributed by atoms with Crippen molar-refractivity contribution in [2.75, 3.05) is 6.54 Å². The minimum Gasteiger partial charge on any atom is -0.294 e. The number of halogens is 1. The first-order valence-corrected chi connectivity index (χ1v) is 10.7. The van der Waals surface area contributed by atoms with Crippen LogP contribution in [0.4, 0.5) is 0 Å². The molecule has 0 amide bonds. The molecule has 25 heavy (non-hydrogen) atoms. The maximum absolute atomic E-state index is 4.75. The van der Waals surface area contributed by atoms with Crippen LogP contribution >= 0.6 is 39.0 Å². The van der Waals surface area contributed by atoms with Crippen molar-refractivity contribution in [1.29, 1.82) is 0 Å². The first-order valence-electron chi connectivity index (χ1n) is 8.16. The van der Waals surface area contributed by atoms with Gasteiger partial charge in [0.05, 0.1) is 5.69 Å². The van der Waals surface area contributed by atoms with E-state index < -0.39 is 0 Å². The van der Waals surface area contributed by atoms with Crippen LogP contribution in [0.2, 0.25) is 0 Å². The molecule has 3 heterocycles. The number of imidazole rings is 1. The van der Waals surface area contributed by atoms with E-state index in [0.29, 0.717) is 0 Å². The van der Waals surface area contributed by atoms with Crippen molar-refractivity contribution in [3.05, 3.63) is 46.0 Å². The van der Waals surface area contributed by atoms with Gasteiger partial charge in [-0.1, -0.05) is 46.7 Å². The van der Waals surface area contributed by atoms with Crippen LogP contribution in [-0.4, -0.2) is 26.5 Å². The van der Waals surface area contributed by atoms with Crippen LogP contribution in [0, 0.1) is 0 Å². The third-order valence-electron chi connectivity index (χ3n) is 3.90. The van der Waals surface area contributed by atoms with E-state index in [1.807, 2.05) is 12.1 Å². The second-order valence-electron chi connectivity index (χ2n) is 5.78. The summed E-state index contributed by atoms with van der Waals surface area (Å²) in [7, 11) is 0. The van der Waals surface area contributed by atoms with Gasteiger partial charge in [0.2, 0.25) is 0 Å². The minimum absolute atomic E-state index is 0.185. The van der Waals surface area contributed by atoms with Gasteiger partial charge in [0, 0.05) is 33.7 Å². The Labute approximate surface area is 163 Å². The van der Waals surface area contributed by atoms with Crippen molar-refractivity contribution in [3.63, 3.8) is 0 Å². The predicted octanol–water partition coefficient (Wildman–Crippen LogP) is 4.30. The van der Waals surface area contributed by atoms with E-state index >= 15 is 0 Å². The summed E-state index contributed by atoms with van der Waals surface area (Å²) in [6.07, 6.45) is 4.05. The van der Waals surface area contributed by atoms with E-state index in [1.165, 1.54) is 5.69 Å². The first kappa shape index (κ1) is 17.1. The van der Waals surface area contributed by atoms with Crippen molar-refractivity contribution in [2.45, 2.75) is 25.3 Å². The third kappa shape index (κ3) is 3.76. The predicted molar refractivity (Wildman–Crippen MR) is 110 cm³/mol. The maximum atomic E-state index is 4.75. The lowest BCUT2D eigenvalue weighted by atomic mass is 10.2. The number of thioether (sulfide) groups is 1. The van der Waals surface area contributed by atoms with Crippen molar-refractivity contribution in [1.82, 2.24) is 20.1 Å². The summed E-state index contributed by atoms with van der Waals surface area (Å²) in [5, 5.41) is 11.2. The van der Waals surface area contributed by atoms with Crippen LogP contribution in [0.25, 0.3) is 16.2 Å². The lowest BCUT2D eigenvalue weighted by Crippen LogP contribution is -2.34. The van der Waals surface area contributed by atoms with E-state index in [4.69, 9.17) is 4.98 Å². The Morgan fingerprint density at radius 2 is 2.16 bits per heavy atom. The van der Waals surface area contributed by atoms with E-state index in [9.17, 15) is 0 Å². The van der Waals surface area contributed by atoms with Gasteiger partial charge >= 0.3 is 0 Å². The fourth-order valence-corrected chi connectivity index (χ4v) is 4.69. The summed E-state index contributed by atoms with van der Waals surface area (Å²) in [4.78, 5) is 5.77. The van der Waals surface area contributed by atoms with Gasteiger partial charge < -0.3 is 0 Å². The molecule has 0 fully saturated rings. The van der Waals surface area contributed by atoms with Crippen LogP contribution in [0.5, 0.6) is 0 Å². The molecule has 0 bridgehead atoms. The summed E-state index contributed by atoms with van der Waals surface area (Å²) in [5.74, 6) is 0. The zero-order valence-corrected chi connectivity index (χ0v) is 16.9. The molecule has 0 aliphatic carbocycles. The molecule has 0 saturated heterocycles. The number of hydrogen-bond donors (Lipinski definition) is 2. The highest BCUT2D eigenvalue weighted by atomic mass is 79.9. The van der Waals surface area contributed by atoms with Crippen LogP contribution < -0.4 is 10.7 Å². The summed E-state index contributed by atoms with van der Waals surface area (Å²) in [5.41, 5.74) is 6.69. The van der Waals surface area contributed by atoms with E-state index in [1.54, 1.807) is 23.1 Å². The average molecular weight is 436 g/mol. The van der Waals surface area contributed by atoms with Gasteiger partial charge in [-0.25, -0.2) is 4.98 Å². The lowest BCUT2D eigenvalue weighted by Gasteiger charge is -2.09. The SMILES string of the molecule is CCCNC1NN=C(Cc2csc3nc(-c4ccc(Br)cc4)cn23)S1. The molecule has 1 aliphatic rings. The number of benzene rings is 1. The molecule has 1 aromatic carbocycles. The second-order valence-corrected chi connectivity index (χ2v) is 8.71. The Morgan fingerprint density at radius 1 is 1.32 bits per heavy atom.